The Balaban J connectivity index is 1.68. The monoisotopic (exact) mass is 398 g/mol. The Morgan fingerprint density at radius 3 is 2.54 bits per heavy atom. The van der Waals surface area contributed by atoms with Crippen LogP contribution in [0.1, 0.15) is 25.8 Å². The number of H-pyrrole nitrogens is 1. The fraction of sp³-hybridized carbons (Fsp3) is 0.286. The van der Waals surface area contributed by atoms with Gasteiger partial charge < -0.3 is 10.3 Å². The Bertz CT molecular complexity index is 935. The summed E-state index contributed by atoms with van der Waals surface area (Å²) in [5.41, 5.74) is 2.44. The molecule has 146 valence electrons. The predicted octanol–water partition coefficient (Wildman–Crippen LogP) is 3.93. The number of aromatic amines is 1. The first kappa shape index (κ1) is 19.9. The predicted molar refractivity (Wildman–Crippen MR) is 111 cm³/mol. The highest BCUT2D eigenvalue weighted by Gasteiger charge is 2.26. The van der Waals surface area contributed by atoms with E-state index in [-0.39, 0.29) is 24.2 Å². The zero-order valence-electron chi connectivity index (χ0n) is 15.8. The second-order valence-electron chi connectivity index (χ2n) is 6.83. The maximum atomic E-state index is 12.8. The third kappa shape index (κ3) is 4.89. The molecule has 3 N–H and O–H groups in total. The number of hydrogen-bond donors (Lipinski definition) is 3. The van der Waals surface area contributed by atoms with Crippen LogP contribution in [-0.4, -0.2) is 27.8 Å². The van der Waals surface area contributed by atoms with Crippen molar-refractivity contribution in [2.24, 2.45) is 5.92 Å². The van der Waals surface area contributed by atoms with Crippen LogP contribution in [0.25, 0.3) is 11.0 Å². The summed E-state index contributed by atoms with van der Waals surface area (Å²) < 4.78 is 0. The molecular weight excluding hydrogens is 376 g/mol. The normalized spacial score (nSPS) is 13.1. The quantitative estimate of drug-likeness (QED) is 0.563. The maximum absolute atomic E-state index is 12.8. The van der Waals surface area contributed by atoms with Crippen molar-refractivity contribution >= 4 is 40.4 Å². The minimum Gasteiger partial charge on any atom is -0.344 e. The van der Waals surface area contributed by atoms with Crippen molar-refractivity contribution in [1.82, 2.24) is 15.3 Å². The van der Waals surface area contributed by atoms with E-state index >= 15 is 0 Å². The number of anilines is 1. The molecule has 0 aliphatic heterocycles. The molecule has 0 bridgehead atoms. The average Bonchev–Trinajstić information content (AvgIpc) is 3.09. The molecule has 3 rings (SSSR count). The summed E-state index contributed by atoms with van der Waals surface area (Å²) >= 11 is 5.88. The Hall–Kier alpha value is -2.86. The molecule has 6 nitrogen and oxygen atoms in total. The Morgan fingerprint density at radius 2 is 1.86 bits per heavy atom. The number of fused-ring (bicyclic) bond motifs is 1. The molecule has 0 spiro atoms. The first-order valence-electron chi connectivity index (χ1n) is 9.25. The molecular formula is C21H23ClN4O2. The number of nitrogens with zero attached hydrogens (tertiary/aromatic N) is 1. The van der Waals surface area contributed by atoms with E-state index < -0.39 is 6.04 Å². The summed E-state index contributed by atoms with van der Waals surface area (Å²) in [4.78, 5) is 32.7. The zero-order valence-corrected chi connectivity index (χ0v) is 16.6. The lowest BCUT2D eigenvalue weighted by Gasteiger charge is -2.23. The Kier molecular flexibility index (Phi) is 6.31. The van der Waals surface area contributed by atoms with Crippen LogP contribution in [0.3, 0.4) is 0 Å². The lowest BCUT2D eigenvalue weighted by atomic mass is 9.98. The number of carbonyl (C=O) groups is 2. The summed E-state index contributed by atoms with van der Waals surface area (Å²) in [6.45, 7) is 3.92. The van der Waals surface area contributed by atoms with Gasteiger partial charge >= 0.3 is 0 Å². The minimum atomic E-state index is -0.655. The summed E-state index contributed by atoms with van der Waals surface area (Å²) in [6.07, 6.45) is 0.932. The summed E-state index contributed by atoms with van der Waals surface area (Å²) in [5.74, 6) is -0.171. The third-order valence-electron chi connectivity index (χ3n) is 4.72. The highest BCUT2D eigenvalue weighted by molar-refractivity contribution is 6.30. The molecule has 0 aliphatic carbocycles. The highest BCUT2D eigenvalue weighted by atomic mass is 35.5. The Labute approximate surface area is 168 Å². The van der Waals surface area contributed by atoms with Gasteiger partial charge in [-0.05, 0) is 35.7 Å². The number of halogens is 1. The topological polar surface area (TPSA) is 86.9 Å². The van der Waals surface area contributed by atoms with Crippen molar-refractivity contribution in [2.75, 3.05) is 5.32 Å². The van der Waals surface area contributed by atoms with Crippen molar-refractivity contribution in [3.8, 4) is 0 Å². The van der Waals surface area contributed by atoms with Crippen molar-refractivity contribution in [3.63, 3.8) is 0 Å². The number of hydrogen-bond acceptors (Lipinski definition) is 3. The third-order valence-corrected chi connectivity index (χ3v) is 4.97. The number of carbonyl (C=O) groups excluding carboxylic acids is 2. The second kappa shape index (κ2) is 8.89. The van der Waals surface area contributed by atoms with Gasteiger partial charge in [0.25, 0.3) is 0 Å². The molecule has 2 unspecified atom stereocenters. The van der Waals surface area contributed by atoms with E-state index in [1.807, 2.05) is 38.1 Å². The molecule has 2 atom stereocenters. The lowest BCUT2D eigenvalue weighted by Crippen LogP contribution is -2.48. The van der Waals surface area contributed by atoms with Crippen LogP contribution in [0.15, 0.2) is 48.5 Å². The van der Waals surface area contributed by atoms with E-state index in [0.717, 1.165) is 23.0 Å². The van der Waals surface area contributed by atoms with Gasteiger partial charge in [-0.3, -0.25) is 14.9 Å². The largest absolute Gasteiger partial charge is 0.344 e. The van der Waals surface area contributed by atoms with Gasteiger partial charge in [-0.2, -0.15) is 0 Å². The SMILES string of the molecule is CCC(C)C(NC(=O)Cc1ccc(Cl)cc1)C(=O)Nc1nc2ccccc2[nH]1. The van der Waals surface area contributed by atoms with Crippen LogP contribution in [0.5, 0.6) is 0 Å². The number of aromatic nitrogens is 2. The van der Waals surface area contributed by atoms with Gasteiger partial charge in [-0.15, -0.1) is 0 Å². The molecule has 3 aromatic rings. The molecule has 0 saturated heterocycles. The van der Waals surface area contributed by atoms with E-state index in [9.17, 15) is 9.59 Å². The Morgan fingerprint density at radius 1 is 1.14 bits per heavy atom. The van der Waals surface area contributed by atoms with Gasteiger partial charge in [-0.1, -0.05) is 56.1 Å². The van der Waals surface area contributed by atoms with E-state index in [1.54, 1.807) is 24.3 Å². The summed E-state index contributed by atoms with van der Waals surface area (Å²) in [6, 6.07) is 14.0. The van der Waals surface area contributed by atoms with Gasteiger partial charge in [0.05, 0.1) is 17.5 Å². The van der Waals surface area contributed by atoms with Gasteiger partial charge in [0.1, 0.15) is 6.04 Å². The van der Waals surface area contributed by atoms with Gasteiger partial charge in [0, 0.05) is 5.02 Å². The van der Waals surface area contributed by atoms with Crippen LogP contribution >= 0.6 is 11.6 Å². The van der Waals surface area contributed by atoms with Crippen LogP contribution in [-0.2, 0) is 16.0 Å². The molecule has 28 heavy (non-hydrogen) atoms. The van der Waals surface area contributed by atoms with Crippen LogP contribution < -0.4 is 10.6 Å². The molecule has 0 aliphatic rings. The number of nitrogens with one attached hydrogen (secondary N) is 3. The zero-order chi connectivity index (χ0) is 20.1. The van der Waals surface area contributed by atoms with Crippen molar-refractivity contribution in [3.05, 3.63) is 59.1 Å². The van der Waals surface area contributed by atoms with Crippen molar-refractivity contribution < 1.29 is 9.59 Å². The van der Waals surface area contributed by atoms with Crippen LogP contribution in [0.2, 0.25) is 5.02 Å². The maximum Gasteiger partial charge on any atom is 0.249 e. The number of imidazole rings is 1. The molecule has 0 fully saturated rings. The van der Waals surface area contributed by atoms with Gasteiger partial charge in [0.15, 0.2) is 0 Å². The number of benzene rings is 2. The number of rotatable bonds is 7. The van der Waals surface area contributed by atoms with Crippen LogP contribution in [0, 0.1) is 5.92 Å². The molecule has 7 heteroatoms. The summed E-state index contributed by atoms with van der Waals surface area (Å²) in [5, 5.41) is 6.26. The minimum absolute atomic E-state index is 0.0291. The van der Waals surface area contributed by atoms with Crippen molar-refractivity contribution in [2.45, 2.75) is 32.7 Å². The molecule has 0 saturated carbocycles. The molecule has 2 aromatic carbocycles. The van der Waals surface area contributed by atoms with Gasteiger partial charge in [-0.25, -0.2) is 4.98 Å². The standard InChI is InChI=1S/C21H23ClN4O2/c1-3-13(2)19(25-18(27)12-14-8-10-15(22)11-9-14)20(28)26-21-23-16-6-4-5-7-17(16)24-21/h4-11,13,19H,3,12H2,1-2H3,(H,25,27)(H2,23,24,26,28). The number of amides is 2. The first-order valence-corrected chi connectivity index (χ1v) is 9.63. The smallest absolute Gasteiger partial charge is 0.249 e. The second-order valence-corrected chi connectivity index (χ2v) is 7.26. The van der Waals surface area contributed by atoms with Gasteiger partial charge in [0.2, 0.25) is 17.8 Å². The molecule has 0 radical (unpaired) electrons. The molecule has 1 aromatic heterocycles. The average molecular weight is 399 g/mol. The fourth-order valence-electron chi connectivity index (χ4n) is 2.92. The lowest BCUT2D eigenvalue weighted by molar-refractivity contribution is -0.127. The fourth-order valence-corrected chi connectivity index (χ4v) is 3.05. The van der Waals surface area contributed by atoms with Crippen LogP contribution in [0.4, 0.5) is 5.95 Å². The highest BCUT2D eigenvalue weighted by Crippen LogP contribution is 2.16. The van der Waals surface area contributed by atoms with E-state index in [1.165, 1.54) is 0 Å². The molecule has 2 amide bonds. The summed E-state index contributed by atoms with van der Waals surface area (Å²) in [7, 11) is 0. The van der Waals surface area contributed by atoms with E-state index in [2.05, 4.69) is 20.6 Å². The first-order chi connectivity index (χ1) is 13.5. The van der Waals surface area contributed by atoms with Crippen molar-refractivity contribution in [1.29, 1.82) is 0 Å². The molecule has 1 heterocycles. The van der Waals surface area contributed by atoms with E-state index in [0.29, 0.717) is 11.0 Å². The number of para-hydroxylation sites is 2. The van der Waals surface area contributed by atoms with E-state index in [4.69, 9.17) is 11.6 Å².